The van der Waals surface area contributed by atoms with Gasteiger partial charge in [0.1, 0.15) is 0 Å². The number of likely N-dealkylation sites (N-methyl/N-ethyl adjacent to an activating group) is 1. The van der Waals surface area contributed by atoms with Gasteiger partial charge < -0.3 is 10.2 Å². The summed E-state index contributed by atoms with van der Waals surface area (Å²) in [5, 5.41) is 3.45. The summed E-state index contributed by atoms with van der Waals surface area (Å²) in [5.74, 6) is 1.26. The molecule has 17 heavy (non-hydrogen) atoms. The van der Waals surface area contributed by atoms with Crippen molar-refractivity contribution in [3.63, 3.8) is 0 Å². The van der Waals surface area contributed by atoms with Gasteiger partial charge in [0.15, 0.2) is 0 Å². The SMILES string of the molecule is CSCCCN(C)CCNc1ccc(C)cc1. The molecule has 3 heteroatoms. The molecule has 0 aromatic heterocycles. The van der Waals surface area contributed by atoms with E-state index in [4.69, 9.17) is 0 Å². The molecule has 0 saturated heterocycles. The maximum absolute atomic E-state index is 3.45. The van der Waals surface area contributed by atoms with E-state index in [1.54, 1.807) is 0 Å². The van der Waals surface area contributed by atoms with Gasteiger partial charge in [0.25, 0.3) is 0 Å². The van der Waals surface area contributed by atoms with Crippen LogP contribution in [0.1, 0.15) is 12.0 Å². The molecule has 2 nitrogen and oxygen atoms in total. The molecule has 0 saturated carbocycles. The molecule has 0 unspecified atom stereocenters. The predicted molar refractivity (Wildman–Crippen MR) is 80.2 cm³/mol. The van der Waals surface area contributed by atoms with Crippen LogP contribution < -0.4 is 5.32 Å². The van der Waals surface area contributed by atoms with Gasteiger partial charge in [-0.15, -0.1) is 0 Å². The van der Waals surface area contributed by atoms with Crippen LogP contribution in [0.3, 0.4) is 0 Å². The Balaban J connectivity index is 2.12. The Morgan fingerprint density at radius 1 is 1.18 bits per heavy atom. The highest BCUT2D eigenvalue weighted by molar-refractivity contribution is 7.98. The first-order valence-corrected chi connectivity index (χ1v) is 7.60. The molecule has 1 aromatic carbocycles. The average molecular weight is 252 g/mol. The fraction of sp³-hybridized carbons (Fsp3) is 0.571. The third-order valence-electron chi connectivity index (χ3n) is 2.76. The molecule has 1 N–H and O–H groups in total. The van der Waals surface area contributed by atoms with Gasteiger partial charge in [-0.2, -0.15) is 11.8 Å². The number of nitrogens with zero attached hydrogens (tertiary/aromatic N) is 1. The molecule has 96 valence electrons. The van der Waals surface area contributed by atoms with E-state index >= 15 is 0 Å². The molecule has 0 atom stereocenters. The lowest BCUT2D eigenvalue weighted by Crippen LogP contribution is -2.26. The number of benzene rings is 1. The lowest BCUT2D eigenvalue weighted by molar-refractivity contribution is 0.349. The van der Waals surface area contributed by atoms with E-state index in [9.17, 15) is 0 Å². The second-order valence-electron chi connectivity index (χ2n) is 4.44. The van der Waals surface area contributed by atoms with Crippen molar-refractivity contribution in [2.24, 2.45) is 0 Å². The highest BCUT2D eigenvalue weighted by Gasteiger charge is 1.97. The van der Waals surface area contributed by atoms with Crippen molar-refractivity contribution < 1.29 is 0 Å². The first-order chi connectivity index (χ1) is 8.22. The summed E-state index contributed by atoms with van der Waals surface area (Å²) in [7, 11) is 2.19. The summed E-state index contributed by atoms with van der Waals surface area (Å²) < 4.78 is 0. The van der Waals surface area contributed by atoms with E-state index in [1.165, 1.54) is 30.0 Å². The van der Waals surface area contributed by atoms with Crippen molar-refractivity contribution in [1.82, 2.24) is 4.90 Å². The molecular weight excluding hydrogens is 228 g/mol. The molecule has 0 aliphatic heterocycles. The van der Waals surface area contributed by atoms with Gasteiger partial charge in [0.05, 0.1) is 0 Å². The minimum absolute atomic E-state index is 1.01. The van der Waals surface area contributed by atoms with Crippen LogP contribution in [0, 0.1) is 6.92 Å². The summed E-state index contributed by atoms with van der Waals surface area (Å²) in [6.45, 7) is 5.42. The van der Waals surface area contributed by atoms with E-state index in [1.807, 2.05) is 11.8 Å². The minimum atomic E-state index is 1.01. The maximum atomic E-state index is 3.45. The van der Waals surface area contributed by atoms with Crippen LogP contribution >= 0.6 is 11.8 Å². The van der Waals surface area contributed by atoms with E-state index in [-0.39, 0.29) is 0 Å². The molecule has 0 aliphatic rings. The van der Waals surface area contributed by atoms with Crippen molar-refractivity contribution in [2.75, 3.05) is 44.0 Å². The van der Waals surface area contributed by atoms with Crippen LogP contribution in [0.4, 0.5) is 5.69 Å². The number of hydrogen-bond acceptors (Lipinski definition) is 3. The minimum Gasteiger partial charge on any atom is -0.384 e. The van der Waals surface area contributed by atoms with Gasteiger partial charge in [-0.1, -0.05) is 17.7 Å². The lowest BCUT2D eigenvalue weighted by atomic mass is 10.2. The van der Waals surface area contributed by atoms with E-state index in [0.29, 0.717) is 0 Å². The zero-order valence-corrected chi connectivity index (χ0v) is 12.0. The molecule has 1 rings (SSSR count). The largest absolute Gasteiger partial charge is 0.384 e. The van der Waals surface area contributed by atoms with Crippen molar-refractivity contribution >= 4 is 17.4 Å². The first kappa shape index (κ1) is 14.4. The van der Waals surface area contributed by atoms with Crippen LogP contribution in [-0.4, -0.2) is 43.6 Å². The van der Waals surface area contributed by atoms with Crippen LogP contribution in [0.25, 0.3) is 0 Å². The first-order valence-electron chi connectivity index (χ1n) is 6.20. The number of thioether (sulfide) groups is 1. The highest BCUT2D eigenvalue weighted by Crippen LogP contribution is 2.07. The van der Waals surface area contributed by atoms with E-state index < -0.39 is 0 Å². The number of aryl methyl sites for hydroxylation is 1. The van der Waals surface area contributed by atoms with Crippen LogP contribution in [-0.2, 0) is 0 Å². The van der Waals surface area contributed by atoms with Gasteiger partial charge in [0.2, 0.25) is 0 Å². The second kappa shape index (κ2) is 8.43. The molecule has 1 aromatic rings. The normalized spacial score (nSPS) is 10.8. The molecule has 0 amide bonds. The zero-order chi connectivity index (χ0) is 12.5. The van der Waals surface area contributed by atoms with Gasteiger partial charge in [0, 0.05) is 18.8 Å². The van der Waals surface area contributed by atoms with E-state index in [0.717, 1.165) is 13.1 Å². The number of nitrogens with one attached hydrogen (secondary N) is 1. The topological polar surface area (TPSA) is 15.3 Å². The molecule has 0 spiro atoms. The van der Waals surface area contributed by atoms with Crippen molar-refractivity contribution in [3.05, 3.63) is 29.8 Å². The Morgan fingerprint density at radius 2 is 1.88 bits per heavy atom. The van der Waals surface area contributed by atoms with Crippen molar-refractivity contribution in [3.8, 4) is 0 Å². The third kappa shape index (κ3) is 6.59. The Kier molecular flexibility index (Phi) is 7.13. The van der Waals surface area contributed by atoms with Crippen LogP contribution in [0.15, 0.2) is 24.3 Å². The van der Waals surface area contributed by atoms with Gasteiger partial charge >= 0.3 is 0 Å². The predicted octanol–water partition coefficient (Wildman–Crippen LogP) is 3.09. The molecule has 0 bridgehead atoms. The fourth-order valence-corrected chi connectivity index (χ4v) is 2.07. The molecule has 0 fully saturated rings. The van der Waals surface area contributed by atoms with Crippen molar-refractivity contribution in [1.29, 1.82) is 0 Å². The lowest BCUT2D eigenvalue weighted by Gasteiger charge is -2.17. The monoisotopic (exact) mass is 252 g/mol. The Labute approximate surface area is 110 Å². The Morgan fingerprint density at radius 3 is 2.53 bits per heavy atom. The summed E-state index contributed by atoms with van der Waals surface area (Å²) in [6.07, 6.45) is 3.45. The Hall–Kier alpha value is -0.670. The standard InChI is InChI=1S/C14H24N2S/c1-13-5-7-14(8-6-13)15-9-11-16(2)10-4-12-17-3/h5-8,15H,4,9-12H2,1-3H3. The highest BCUT2D eigenvalue weighted by atomic mass is 32.2. The number of hydrogen-bond donors (Lipinski definition) is 1. The van der Waals surface area contributed by atoms with Gasteiger partial charge in [-0.05, 0) is 51.1 Å². The quantitative estimate of drug-likeness (QED) is 0.716. The van der Waals surface area contributed by atoms with Gasteiger partial charge in [-0.25, -0.2) is 0 Å². The summed E-state index contributed by atoms with van der Waals surface area (Å²) in [5.41, 5.74) is 2.53. The molecule has 0 radical (unpaired) electrons. The van der Waals surface area contributed by atoms with Crippen LogP contribution in [0.2, 0.25) is 0 Å². The number of anilines is 1. The smallest absolute Gasteiger partial charge is 0.0340 e. The van der Waals surface area contributed by atoms with E-state index in [2.05, 4.69) is 54.7 Å². The second-order valence-corrected chi connectivity index (χ2v) is 5.43. The number of rotatable bonds is 8. The van der Waals surface area contributed by atoms with Crippen molar-refractivity contribution in [2.45, 2.75) is 13.3 Å². The Bertz CT molecular complexity index is 298. The molecular formula is C14H24N2S. The van der Waals surface area contributed by atoms with Gasteiger partial charge in [-0.3, -0.25) is 0 Å². The molecule has 0 heterocycles. The average Bonchev–Trinajstić information content (AvgIpc) is 2.32. The van der Waals surface area contributed by atoms with Crippen LogP contribution in [0.5, 0.6) is 0 Å². The summed E-state index contributed by atoms with van der Waals surface area (Å²) in [6, 6.07) is 8.57. The summed E-state index contributed by atoms with van der Waals surface area (Å²) in [4.78, 5) is 2.39. The fourth-order valence-electron chi connectivity index (χ4n) is 1.65. The maximum Gasteiger partial charge on any atom is 0.0340 e. The third-order valence-corrected chi connectivity index (χ3v) is 3.46. The molecule has 0 aliphatic carbocycles. The summed E-state index contributed by atoms with van der Waals surface area (Å²) >= 11 is 1.92. The zero-order valence-electron chi connectivity index (χ0n) is 11.2.